The maximum Gasteiger partial charge on any atom is 0.224 e. The molecule has 0 heterocycles. The van der Waals surface area contributed by atoms with Crippen LogP contribution in [0.4, 0.5) is 5.69 Å². The summed E-state index contributed by atoms with van der Waals surface area (Å²) in [4.78, 5) is 14.0. The van der Waals surface area contributed by atoms with Crippen LogP contribution in [0.5, 0.6) is 0 Å². The number of carbonyl (C=O) groups excluding carboxylic acids is 1. The molecule has 0 unspecified atom stereocenters. The molecule has 1 aromatic rings. The summed E-state index contributed by atoms with van der Waals surface area (Å²) in [6.07, 6.45) is 1.27. The van der Waals surface area contributed by atoms with Gasteiger partial charge in [-0.2, -0.15) is 0 Å². The number of hydrogen-bond acceptors (Lipinski definition) is 4. The predicted octanol–water partition coefficient (Wildman–Crippen LogP) is 1.18. The van der Waals surface area contributed by atoms with Gasteiger partial charge in [-0.1, -0.05) is 19.1 Å². The quantitative estimate of drug-likeness (QED) is 0.634. The first-order valence-electron chi connectivity index (χ1n) is 7.11. The van der Waals surface area contributed by atoms with Crippen molar-refractivity contribution in [3.05, 3.63) is 29.8 Å². The van der Waals surface area contributed by atoms with Crippen molar-refractivity contribution in [3.63, 3.8) is 0 Å². The van der Waals surface area contributed by atoms with Gasteiger partial charge >= 0.3 is 0 Å². The molecule has 112 valence electrons. The third-order valence-electron chi connectivity index (χ3n) is 3.19. The van der Waals surface area contributed by atoms with Crippen LogP contribution >= 0.6 is 0 Å². The minimum atomic E-state index is 0.0132. The molecule has 0 radical (unpaired) electrons. The summed E-state index contributed by atoms with van der Waals surface area (Å²) in [5, 5.41) is 11.8. The van der Waals surface area contributed by atoms with E-state index in [0.29, 0.717) is 19.5 Å². The normalized spacial score (nSPS) is 10.8. The van der Waals surface area contributed by atoms with Crippen LogP contribution in [0.1, 0.15) is 25.3 Å². The number of nitrogens with zero attached hydrogens (tertiary/aromatic N) is 1. The average molecular weight is 279 g/mol. The molecule has 0 aliphatic carbocycles. The van der Waals surface area contributed by atoms with Gasteiger partial charge in [-0.3, -0.25) is 4.79 Å². The fourth-order valence-corrected chi connectivity index (χ4v) is 2.03. The van der Waals surface area contributed by atoms with Gasteiger partial charge in [0.2, 0.25) is 5.91 Å². The molecule has 5 heteroatoms. The van der Waals surface area contributed by atoms with Crippen LogP contribution in [0, 0.1) is 0 Å². The molecule has 1 rings (SSSR count). The molecule has 0 aliphatic heterocycles. The van der Waals surface area contributed by atoms with E-state index in [1.165, 1.54) is 0 Å². The van der Waals surface area contributed by atoms with Crippen molar-refractivity contribution in [1.29, 1.82) is 0 Å². The molecule has 0 spiro atoms. The molecular formula is C15H25N3O2. The van der Waals surface area contributed by atoms with Crippen molar-refractivity contribution in [2.45, 2.75) is 26.3 Å². The van der Waals surface area contributed by atoms with Crippen molar-refractivity contribution in [2.75, 3.05) is 31.6 Å². The van der Waals surface area contributed by atoms with Crippen LogP contribution in [0.25, 0.3) is 0 Å². The highest BCUT2D eigenvalue weighted by Crippen LogP contribution is 2.10. The third kappa shape index (κ3) is 6.14. The molecule has 0 saturated heterocycles. The Balaban J connectivity index is 2.32. The molecule has 0 aromatic heterocycles. The van der Waals surface area contributed by atoms with Crippen LogP contribution in [-0.2, 0) is 11.3 Å². The average Bonchev–Trinajstić information content (AvgIpc) is 2.46. The fraction of sp³-hybridized carbons (Fsp3) is 0.533. The summed E-state index contributed by atoms with van der Waals surface area (Å²) in [6, 6.07) is 7.57. The zero-order chi connectivity index (χ0) is 14.8. The second kappa shape index (κ2) is 9.47. The number of hydrogen-bond donors (Lipinski definition) is 3. The second-order valence-electron chi connectivity index (χ2n) is 4.71. The van der Waals surface area contributed by atoms with Gasteiger partial charge in [0.05, 0.1) is 6.61 Å². The molecule has 4 N–H and O–H groups in total. The van der Waals surface area contributed by atoms with Crippen molar-refractivity contribution >= 4 is 11.6 Å². The maximum atomic E-state index is 11.8. The Bertz CT molecular complexity index is 410. The Morgan fingerprint density at radius 2 is 2.20 bits per heavy atom. The number of likely N-dealkylation sites (N-methyl/N-ethyl adjacent to an activating group) is 1. The minimum Gasteiger partial charge on any atom is -0.395 e. The summed E-state index contributed by atoms with van der Waals surface area (Å²) in [5.41, 5.74) is 7.36. The standard InChI is InChI=1S/C15H25N3O2/c1-2-18(9-10-19)8-4-7-15(20)17-14-6-3-5-13(11-14)12-16/h3,5-6,11,19H,2,4,7-10,12,16H2,1H3,(H,17,20). The van der Waals surface area contributed by atoms with Gasteiger partial charge in [-0.25, -0.2) is 0 Å². The first-order valence-corrected chi connectivity index (χ1v) is 7.11. The van der Waals surface area contributed by atoms with Gasteiger partial charge in [-0.15, -0.1) is 0 Å². The SMILES string of the molecule is CCN(CCO)CCCC(=O)Nc1cccc(CN)c1. The topological polar surface area (TPSA) is 78.6 Å². The van der Waals surface area contributed by atoms with E-state index in [4.69, 9.17) is 10.8 Å². The largest absolute Gasteiger partial charge is 0.395 e. The minimum absolute atomic E-state index is 0.0132. The first-order chi connectivity index (χ1) is 9.69. The van der Waals surface area contributed by atoms with E-state index in [-0.39, 0.29) is 12.5 Å². The van der Waals surface area contributed by atoms with Crippen molar-refractivity contribution < 1.29 is 9.90 Å². The molecule has 5 nitrogen and oxygen atoms in total. The van der Waals surface area contributed by atoms with E-state index >= 15 is 0 Å². The summed E-state index contributed by atoms with van der Waals surface area (Å²) in [5.74, 6) is 0.0132. The number of carbonyl (C=O) groups is 1. The predicted molar refractivity (Wildman–Crippen MR) is 81.4 cm³/mol. The Morgan fingerprint density at radius 1 is 1.40 bits per heavy atom. The van der Waals surface area contributed by atoms with Gasteiger partial charge in [0.1, 0.15) is 0 Å². The summed E-state index contributed by atoms with van der Waals surface area (Å²) < 4.78 is 0. The van der Waals surface area contributed by atoms with E-state index in [0.717, 1.165) is 30.8 Å². The molecule has 1 amide bonds. The van der Waals surface area contributed by atoms with Crippen LogP contribution < -0.4 is 11.1 Å². The van der Waals surface area contributed by atoms with Gasteiger partial charge in [0.25, 0.3) is 0 Å². The van der Waals surface area contributed by atoms with Crippen LogP contribution in [-0.4, -0.2) is 42.2 Å². The number of rotatable bonds is 9. The van der Waals surface area contributed by atoms with Gasteiger partial charge in [0.15, 0.2) is 0 Å². The summed E-state index contributed by atoms with van der Waals surface area (Å²) in [7, 11) is 0. The lowest BCUT2D eigenvalue weighted by atomic mass is 10.2. The Hall–Kier alpha value is -1.43. The van der Waals surface area contributed by atoms with Crippen molar-refractivity contribution in [3.8, 4) is 0 Å². The van der Waals surface area contributed by atoms with Crippen molar-refractivity contribution in [1.82, 2.24) is 4.90 Å². The zero-order valence-electron chi connectivity index (χ0n) is 12.1. The van der Waals surface area contributed by atoms with E-state index in [9.17, 15) is 4.79 Å². The van der Waals surface area contributed by atoms with E-state index in [2.05, 4.69) is 10.2 Å². The highest BCUT2D eigenvalue weighted by atomic mass is 16.3. The molecule has 0 atom stereocenters. The third-order valence-corrected chi connectivity index (χ3v) is 3.19. The monoisotopic (exact) mass is 279 g/mol. The lowest BCUT2D eigenvalue weighted by molar-refractivity contribution is -0.116. The van der Waals surface area contributed by atoms with Gasteiger partial charge < -0.3 is 21.1 Å². The van der Waals surface area contributed by atoms with E-state index in [1.807, 2.05) is 31.2 Å². The Kier molecular flexibility index (Phi) is 7.87. The first kappa shape index (κ1) is 16.6. The highest BCUT2D eigenvalue weighted by molar-refractivity contribution is 5.90. The smallest absolute Gasteiger partial charge is 0.224 e. The Morgan fingerprint density at radius 3 is 2.85 bits per heavy atom. The number of anilines is 1. The van der Waals surface area contributed by atoms with Gasteiger partial charge in [0, 0.05) is 25.2 Å². The fourth-order valence-electron chi connectivity index (χ4n) is 2.03. The van der Waals surface area contributed by atoms with Crippen LogP contribution in [0.15, 0.2) is 24.3 Å². The number of aliphatic hydroxyl groups is 1. The molecule has 0 saturated carbocycles. The molecule has 0 aliphatic rings. The summed E-state index contributed by atoms with van der Waals surface area (Å²) >= 11 is 0. The second-order valence-corrected chi connectivity index (χ2v) is 4.71. The molecule has 20 heavy (non-hydrogen) atoms. The Labute approximate surface area is 120 Å². The molecule has 0 fully saturated rings. The number of nitrogens with one attached hydrogen (secondary N) is 1. The maximum absolute atomic E-state index is 11.8. The number of nitrogens with two attached hydrogens (primary N) is 1. The summed E-state index contributed by atoms with van der Waals surface area (Å²) in [6.45, 7) is 5.06. The number of benzene rings is 1. The molecule has 0 bridgehead atoms. The molecular weight excluding hydrogens is 254 g/mol. The lowest BCUT2D eigenvalue weighted by Crippen LogP contribution is -2.28. The van der Waals surface area contributed by atoms with Crippen LogP contribution in [0.3, 0.4) is 0 Å². The number of amides is 1. The highest BCUT2D eigenvalue weighted by Gasteiger charge is 2.05. The van der Waals surface area contributed by atoms with E-state index < -0.39 is 0 Å². The van der Waals surface area contributed by atoms with Crippen LogP contribution in [0.2, 0.25) is 0 Å². The number of aliphatic hydroxyl groups excluding tert-OH is 1. The zero-order valence-corrected chi connectivity index (χ0v) is 12.1. The van der Waals surface area contributed by atoms with Gasteiger partial charge in [-0.05, 0) is 37.2 Å². The molecule has 1 aromatic carbocycles. The van der Waals surface area contributed by atoms with E-state index in [1.54, 1.807) is 0 Å². The van der Waals surface area contributed by atoms with Crippen molar-refractivity contribution in [2.24, 2.45) is 5.73 Å². The lowest BCUT2D eigenvalue weighted by Gasteiger charge is -2.18.